The Morgan fingerprint density at radius 1 is 1.25 bits per heavy atom. The lowest BCUT2D eigenvalue weighted by Gasteiger charge is -2.25. The molecule has 0 aromatic heterocycles. The molecule has 1 aliphatic heterocycles. The normalized spacial score (nSPS) is 15.9. The first-order valence-corrected chi connectivity index (χ1v) is 7.60. The van der Waals surface area contributed by atoms with E-state index in [1.807, 2.05) is 0 Å². The maximum atomic E-state index is 12.8. The summed E-state index contributed by atoms with van der Waals surface area (Å²) in [5, 5.41) is 3.19. The van der Waals surface area contributed by atoms with Crippen LogP contribution in [-0.2, 0) is 9.53 Å². The van der Waals surface area contributed by atoms with E-state index >= 15 is 0 Å². The Hall–Kier alpha value is -2.60. The van der Waals surface area contributed by atoms with Crippen LogP contribution in [0.5, 0.6) is 5.75 Å². The number of fused-ring (bicyclic) bond motifs is 1. The molecule has 2 aromatic rings. The van der Waals surface area contributed by atoms with Crippen molar-refractivity contribution in [3.8, 4) is 5.75 Å². The van der Waals surface area contributed by atoms with Crippen molar-refractivity contribution in [1.82, 2.24) is 0 Å². The molecule has 1 aliphatic rings. The number of benzene rings is 2. The molecule has 0 bridgehead atoms. The first kappa shape index (κ1) is 16.3. The number of anilines is 1. The van der Waals surface area contributed by atoms with Crippen molar-refractivity contribution in [2.75, 3.05) is 11.9 Å². The van der Waals surface area contributed by atoms with Gasteiger partial charge in [0, 0.05) is 11.4 Å². The molecule has 1 N–H and O–H groups in total. The molecule has 1 amide bonds. The summed E-state index contributed by atoms with van der Waals surface area (Å²) < 4.78 is 23.5. The topological polar surface area (TPSA) is 64.6 Å². The van der Waals surface area contributed by atoms with Crippen molar-refractivity contribution in [3.63, 3.8) is 0 Å². The predicted octanol–water partition coefficient (Wildman–Crippen LogP) is 3.43. The van der Waals surface area contributed by atoms with Gasteiger partial charge in [0.25, 0.3) is 5.91 Å². The number of rotatable bonds is 4. The highest BCUT2D eigenvalue weighted by molar-refractivity contribution is 6.31. The zero-order valence-electron chi connectivity index (χ0n) is 12.4. The second kappa shape index (κ2) is 6.88. The number of hydrogen-bond donors (Lipinski definition) is 1. The molecule has 0 saturated heterocycles. The van der Waals surface area contributed by atoms with Crippen LogP contribution >= 0.6 is 11.6 Å². The summed E-state index contributed by atoms with van der Waals surface area (Å²) in [6.45, 7) is -0.00276. The summed E-state index contributed by atoms with van der Waals surface area (Å²) in [7, 11) is 0. The molecule has 7 heteroatoms. The van der Waals surface area contributed by atoms with Gasteiger partial charge in [0.05, 0.1) is 17.9 Å². The van der Waals surface area contributed by atoms with E-state index in [4.69, 9.17) is 21.1 Å². The van der Waals surface area contributed by atoms with E-state index < -0.39 is 17.9 Å². The van der Waals surface area contributed by atoms with Crippen LogP contribution in [0, 0.1) is 5.82 Å². The smallest absolute Gasteiger partial charge is 0.338 e. The third-order valence-corrected chi connectivity index (χ3v) is 3.69. The van der Waals surface area contributed by atoms with Gasteiger partial charge in [-0.2, -0.15) is 0 Å². The van der Waals surface area contributed by atoms with Gasteiger partial charge in [0.1, 0.15) is 11.6 Å². The highest BCUT2D eigenvalue weighted by Crippen LogP contribution is 2.32. The minimum Gasteiger partial charge on any atom is -0.478 e. The van der Waals surface area contributed by atoms with Crippen molar-refractivity contribution in [3.05, 3.63) is 58.9 Å². The second-order valence-corrected chi connectivity index (χ2v) is 5.60. The van der Waals surface area contributed by atoms with Crippen LogP contribution in [0.3, 0.4) is 0 Å². The fourth-order valence-corrected chi connectivity index (χ4v) is 2.41. The van der Waals surface area contributed by atoms with Crippen molar-refractivity contribution >= 4 is 29.2 Å². The average molecular weight is 350 g/mol. The zero-order valence-corrected chi connectivity index (χ0v) is 13.2. The quantitative estimate of drug-likeness (QED) is 0.859. The Morgan fingerprint density at radius 2 is 2.00 bits per heavy atom. The van der Waals surface area contributed by atoms with Crippen molar-refractivity contribution in [1.29, 1.82) is 0 Å². The second-order valence-electron chi connectivity index (χ2n) is 5.17. The van der Waals surface area contributed by atoms with Crippen LogP contribution in [-0.4, -0.2) is 24.6 Å². The Morgan fingerprint density at radius 3 is 2.75 bits per heavy atom. The molecule has 5 nitrogen and oxygen atoms in total. The van der Waals surface area contributed by atoms with Gasteiger partial charge in [-0.05, 0) is 42.5 Å². The van der Waals surface area contributed by atoms with Gasteiger partial charge in [0.15, 0.2) is 6.10 Å². The summed E-state index contributed by atoms with van der Waals surface area (Å²) in [5.74, 6) is -0.840. The minimum absolute atomic E-state index is 0.00276. The van der Waals surface area contributed by atoms with E-state index in [2.05, 4.69) is 5.32 Å². The predicted molar refractivity (Wildman–Crippen MR) is 85.8 cm³/mol. The molecule has 0 radical (unpaired) electrons. The van der Waals surface area contributed by atoms with Crippen LogP contribution in [0.15, 0.2) is 42.5 Å². The maximum absolute atomic E-state index is 12.8. The SMILES string of the molecule is O=C(OCCC1Oc2ccc(Cl)cc2NC1=O)c1ccc(F)cc1. The molecule has 2 aromatic carbocycles. The number of nitrogens with one attached hydrogen (secondary N) is 1. The molecule has 1 atom stereocenters. The molecule has 0 spiro atoms. The maximum Gasteiger partial charge on any atom is 0.338 e. The standard InChI is InChI=1S/C17H13ClFNO4/c18-11-3-6-14-13(9-11)20-16(21)15(24-14)7-8-23-17(22)10-1-4-12(19)5-2-10/h1-6,9,15H,7-8H2,(H,20,21). The molecule has 3 rings (SSSR count). The third-order valence-electron chi connectivity index (χ3n) is 3.45. The number of carbonyl (C=O) groups is 2. The van der Waals surface area contributed by atoms with Crippen molar-refractivity contribution < 1.29 is 23.5 Å². The first-order valence-electron chi connectivity index (χ1n) is 7.23. The van der Waals surface area contributed by atoms with Crippen LogP contribution in [0.25, 0.3) is 0 Å². The summed E-state index contributed by atoms with van der Waals surface area (Å²) in [4.78, 5) is 23.8. The highest BCUT2D eigenvalue weighted by Gasteiger charge is 2.27. The van der Waals surface area contributed by atoms with Crippen LogP contribution < -0.4 is 10.1 Å². The lowest BCUT2D eigenvalue weighted by atomic mass is 10.1. The van der Waals surface area contributed by atoms with E-state index in [-0.39, 0.29) is 24.5 Å². The van der Waals surface area contributed by atoms with Gasteiger partial charge in [-0.25, -0.2) is 9.18 Å². The summed E-state index contributed by atoms with van der Waals surface area (Å²) in [6.07, 6.45) is -0.569. The number of esters is 1. The Kier molecular flexibility index (Phi) is 4.66. The van der Waals surface area contributed by atoms with E-state index in [0.717, 1.165) is 0 Å². The molecule has 0 fully saturated rings. The van der Waals surface area contributed by atoms with Gasteiger partial charge in [-0.15, -0.1) is 0 Å². The monoisotopic (exact) mass is 349 g/mol. The lowest BCUT2D eigenvalue weighted by Crippen LogP contribution is -2.37. The van der Waals surface area contributed by atoms with Crippen molar-refractivity contribution in [2.45, 2.75) is 12.5 Å². The summed E-state index contributed by atoms with van der Waals surface area (Å²) >= 11 is 5.86. The number of amides is 1. The molecular formula is C17H13ClFNO4. The fourth-order valence-electron chi connectivity index (χ4n) is 2.24. The van der Waals surface area contributed by atoms with Gasteiger partial charge in [-0.3, -0.25) is 4.79 Å². The lowest BCUT2D eigenvalue weighted by molar-refractivity contribution is -0.124. The molecule has 1 heterocycles. The number of hydrogen-bond acceptors (Lipinski definition) is 4. The average Bonchev–Trinajstić information content (AvgIpc) is 2.56. The van der Waals surface area contributed by atoms with Crippen molar-refractivity contribution in [2.24, 2.45) is 0 Å². The molecule has 0 aliphatic carbocycles. The van der Waals surface area contributed by atoms with Crippen LogP contribution in [0.4, 0.5) is 10.1 Å². The van der Waals surface area contributed by atoms with Gasteiger partial charge in [0.2, 0.25) is 0 Å². The molecule has 1 unspecified atom stereocenters. The molecule has 0 saturated carbocycles. The molecular weight excluding hydrogens is 337 g/mol. The van der Waals surface area contributed by atoms with E-state index in [1.165, 1.54) is 24.3 Å². The van der Waals surface area contributed by atoms with E-state index in [9.17, 15) is 14.0 Å². The summed E-state index contributed by atoms with van der Waals surface area (Å²) in [5.41, 5.74) is 0.748. The van der Waals surface area contributed by atoms with Crippen LogP contribution in [0.2, 0.25) is 5.02 Å². The Balaban J connectivity index is 1.55. The molecule has 124 valence electrons. The van der Waals surface area contributed by atoms with Gasteiger partial charge < -0.3 is 14.8 Å². The number of ether oxygens (including phenoxy) is 2. The minimum atomic E-state index is -0.764. The first-order chi connectivity index (χ1) is 11.5. The zero-order chi connectivity index (χ0) is 17.1. The summed E-state index contributed by atoms with van der Waals surface area (Å²) in [6, 6.07) is 9.94. The van der Waals surface area contributed by atoms with E-state index in [1.54, 1.807) is 18.2 Å². The van der Waals surface area contributed by atoms with Gasteiger partial charge >= 0.3 is 5.97 Å². The van der Waals surface area contributed by atoms with E-state index in [0.29, 0.717) is 16.5 Å². The Bertz CT molecular complexity index is 779. The highest BCUT2D eigenvalue weighted by atomic mass is 35.5. The Labute approximate surface area is 142 Å². The molecule has 24 heavy (non-hydrogen) atoms. The number of halogens is 2. The fraction of sp³-hybridized carbons (Fsp3) is 0.176. The third kappa shape index (κ3) is 3.65. The van der Waals surface area contributed by atoms with Crippen LogP contribution in [0.1, 0.15) is 16.8 Å². The van der Waals surface area contributed by atoms with Gasteiger partial charge in [-0.1, -0.05) is 11.6 Å². The largest absolute Gasteiger partial charge is 0.478 e. The number of carbonyl (C=O) groups excluding carboxylic acids is 2.